The van der Waals surface area contributed by atoms with Crippen LogP contribution in [0.4, 0.5) is 0 Å². The van der Waals surface area contributed by atoms with Crippen LogP contribution < -0.4 is 0 Å². The second-order valence-corrected chi connectivity index (χ2v) is 6.67. The van der Waals surface area contributed by atoms with Crippen LogP contribution in [-0.4, -0.2) is 43.9 Å². The second kappa shape index (κ2) is 5.96. The molecule has 1 unspecified atom stereocenters. The predicted octanol–water partition coefficient (Wildman–Crippen LogP) is 2.66. The number of rotatable bonds is 3. The highest BCUT2D eigenvalue weighted by atomic mass is 79.9. The van der Waals surface area contributed by atoms with Crippen LogP contribution in [0.25, 0.3) is 5.65 Å². The fourth-order valence-electron chi connectivity index (χ4n) is 3.15. The normalized spacial score (nSPS) is 17.9. The number of pyridine rings is 1. The molecule has 1 amide bonds. The Hall–Kier alpha value is -1.89. The van der Waals surface area contributed by atoms with Crippen molar-refractivity contribution in [2.75, 3.05) is 6.54 Å². The third-order valence-corrected chi connectivity index (χ3v) is 4.80. The van der Waals surface area contributed by atoms with Crippen LogP contribution in [-0.2, 0) is 11.2 Å². The Bertz CT molecular complexity index is 799. The molecular weight excluding hydrogens is 362 g/mol. The molecule has 0 radical (unpaired) electrons. The summed E-state index contributed by atoms with van der Waals surface area (Å²) in [6.45, 7) is 4.36. The van der Waals surface area contributed by atoms with Crippen molar-refractivity contribution in [1.82, 2.24) is 14.3 Å². The lowest BCUT2D eigenvalue weighted by Gasteiger charge is -2.21. The lowest BCUT2D eigenvalue weighted by atomic mass is 10.2. The smallest absolute Gasteiger partial charge is 0.326 e. The lowest BCUT2D eigenvalue weighted by molar-refractivity contribution is -0.141. The number of aryl methyl sites for hydroxylation is 2. The van der Waals surface area contributed by atoms with Gasteiger partial charge in [-0.05, 0) is 53.7 Å². The van der Waals surface area contributed by atoms with Crippen molar-refractivity contribution in [3.63, 3.8) is 0 Å². The van der Waals surface area contributed by atoms with Gasteiger partial charge in [0.15, 0.2) is 5.65 Å². The highest BCUT2D eigenvalue weighted by molar-refractivity contribution is 9.10. The molecule has 1 aliphatic rings. The van der Waals surface area contributed by atoms with Crippen LogP contribution in [0.15, 0.2) is 16.7 Å². The summed E-state index contributed by atoms with van der Waals surface area (Å²) in [6.07, 6.45) is 3.69. The molecule has 0 aromatic carbocycles. The van der Waals surface area contributed by atoms with Gasteiger partial charge in [-0.2, -0.15) is 0 Å². The van der Waals surface area contributed by atoms with E-state index in [2.05, 4.69) is 20.9 Å². The number of nitrogens with zero attached hydrogens (tertiary/aromatic N) is 3. The molecule has 3 heterocycles. The van der Waals surface area contributed by atoms with Gasteiger partial charge in [-0.3, -0.25) is 9.20 Å². The van der Waals surface area contributed by atoms with Crippen molar-refractivity contribution < 1.29 is 14.7 Å². The number of likely N-dealkylation sites (tertiary alicyclic amines) is 1. The first-order valence-electron chi connectivity index (χ1n) is 7.65. The molecule has 2 aromatic rings. The molecule has 1 fully saturated rings. The van der Waals surface area contributed by atoms with E-state index in [1.165, 1.54) is 4.90 Å². The Balaban J connectivity index is 2.15. The number of halogens is 1. The quantitative estimate of drug-likeness (QED) is 0.889. The number of hydrogen-bond donors (Lipinski definition) is 1. The van der Waals surface area contributed by atoms with E-state index in [4.69, 9.17) is 0 Å². The van der Waals surface area contributed by atoms with Crippen LogP contribution in [0.5, 0.6) is 0 Å². The van der Waals surface area contributed by atoms with Crippen molar-refractivity contribution >= 4 is 33.5 Å². The van der Waals surface area contributed by atoms with Crippen molar-refractivity contribution in [3.8, 4) is 0 Å². The third kappa shape index (κ3) is 2.63. The maximum atomic E-state index is 13.0. The van der Waals surface area contributed by atoms with Gasteiger partial charge in [0, 0.05) is 12.7 Å². The fraction of sp³-hybridized carbons (Fsp3) is 0.438. The van der Waals surface area contributed by atoms with Gasteiger partial charge >= 0.3 is 5.97 Å². The predicted molar refractivity (Wildman–Crippen MR) is 88.7 cm³/mol. The van der Waals surface area contributed by atoms with E-state index < -0.39 is 12.0 Å². The zero-order valence-corrected chi connectivity index (χ0v) is 14.6. The van der Waals surface area contributed by atoms with E-state index in [0.29, 0.717) is 42.8 Å². The Labute approximate surface area is 142 Å². The van der Waals surface area contributed by atoms with E-state index in [1.807, 2.05) is 26.1 Å². The van der Waals surface area contributed by atoms with Crippen molar-refractivity contribution in [2.45, 2.75) is 39.2 Å². The molecule has 0 saturated carbocycles. The average Bonchev–Trinajstić information content (AvgIpc) is 3.10. The minimum absolute atomic E-state index is 0.253. The summed E-state index contributed by atoms with van der Waals surface area (Å²) >= 11 is 3.49. The molecule has 2 aromatic heterocycles. The molecule has 0 bridgehead atoms. The van der Waals surface area contributed by atoms with E-state index in [-0.39, 0.29) is 5.91 Å². The molecule has 1 N–H and O–H groups in total. The topological polar surface area (TPSA) is 74.9 Å². The van der Waals surface area contributed by atoms with Crippen LogP contribution >= 0.6 is 15.9 Å². The second-order valence-electron chi connectivity index (χ2n) is 5.81. The van der Waals surface area contributed by atoms with E-state index in [0.717, 1.165) is 10.0 Å². The first-order chi connectivity index (χ1) is 10.9. The van der Waals surface area contributed by atoms with Gasteiger partial charge in [-0.15, -0.1) is 0 Å². The lowest BCUT2D eigenvalue weighted by Crippen LogP contribution is -2.41. The summed E-state index contributed by atoms with van der Waals surface area (Å²) in [5.41, 5.74) is 2.84. The Morgan fingerprint density at radius 1 is 1.48 bits per heavy atom. The molecule has 1 aliphatic heterocycles. The largest absolute Gasteiger partial charge is 0.480 e. The Kier molecular flexibility index (Phi) is 4.14. The number of fused-ring (bicyclic) bond motifs is 1. The molecule has 1 saturated heterocycles. The number of aliphatic carboxylic acids is 1. The summed E-state index contributed by atoms with van der Waals surface area (Å²) in [5.74, 6) is -1.20. The molecule has 23 heavy (non-hydrogen) atoms. The number of carboxylic acids is 1. The Morgan fingerprint density at radius 2 is 2.22 bits per heavy atom. The minimum Gasteiger partial charge on any atom is -0.480 e. The third-order valence-electron chi connectivity index (χ3n) is 4.22. The maximum Gasteiger partial charge on any atom is 0.326 e. The number of carboxylic acid groups (broad SMARTS) is 1. The zero-order valence-electron chi connectivity index (χ0n) is 13.0. The number of amides is 1. The highest BCUT2D eigenvalue weighted by Gasteiger charge is 2.36. The van der Waals surface area contributed by atoms with E-state index in [1.54, 1.807) is 4.40 Å². The molecule has 122 valence electrons. The van der Waals surface area contributed by atoms with Gasteiger partial charge < -0.3 is 10.0 Å². The van der Waals surface area contributed by atoms with Crippen LogP contribution in [0.2, 0.25) is 0 Å². The van der Waals surface area contributed by atoms with Gasteiger partial charge in [-0.1, -0.05) is 6.92 Å². The van der Waals surface area contributed by atoms with E-state index >= 15 is 0 Å². The molecule has 0 spiro atoms. The van der Waals surface area contributed by atoms with Crippen LogP contribution in [0.3, 0.4) is 0 Å². The first kappa shape index (κ1) is 16.0. The highest BCUT2D eigenvalue weighted by Crippen LogP contribution is 2.26. The summed E-state index contributed by atoms with van der Waals surface area (Å²) in [7, 11) is 0. The molecule has 7 heteroatoms. The van der Waals surface area contributed by atoms with Gasteiger partial charge in [0.1, 0.15) is 11.7 Å². The fourth-order valence-corrected chi connectivity index (χ4v) is 3.80. The van der Waals surface area contributed by atoms with Gasteiger partial charge in [0.05, 0.1) is 10.2 Å². The molecule has 3 rings (SSSR count). The summed E-state index contributed by atoms with van der Waals surface area (Å²) in [6, 6.07) is 1.21. The maximum absolute atomic E-state index is 13.0. The number of imidazole rings is 1. The van der Waals surface area contributed by atoms with Crippen LogP contribution in [0, 0.1) is 6.92 Å². The summed E-state index contributed by atoms with van der Waals surface area (Å²) < 4.78 is 2.60. The number of carbonyl (C=O) groups is 2. The number of carbonyl (C=O) groups excluding carboxylic acids is 1. The first-order valence-corrected chi connectivity index (χ1v) is 8.44. The minimum atomic E-state index is -0.944. The van der Waals surface area contributed by atoms with Gasteiger partial charge in [-0.25, -0.2) is 9.78 Å². The molecule has 6 nitrogen and oxygen atoms in total. The van der Waals surface area contributed by atoms with Crippen molar-refractivity contribution in [1.29, 1.82) is 0 Å². The monoisotopic (exact) mass is 379 g/mol. The summed E-state index contributed by atoms with van der Waals surface area (Å²) in [5, 5.41) is 9.33. The van der Waals surface area contributed by atoms with Gasteiger partial charge in [0.25, 0.3) is 5.91 Å². The van der Waals surface area contributed by atoms with Crippen LogP contribution in [0.1, 0.15) is 41.5 Å². The zero-order chi connectivity index (χ0) is 16.7. The number of hydrogen-bond acceptors (Lipinski definition) is 3. The number of aromatic nitrogens is 2. The van der Waals surface area contributed by atoms with Gasteiger partial charge in [0.2, 0.25) is 0 Å². The molecular formula is C16H18BrN3O3. The van der Waals surface area contributed by atoms with Crippen molar-refractivity contribution in [3.05, 3.63) is 33.7 Å². The SMILES string of the molecule is CCc1nc2c(Br)cc(C)cn2c1C(=O)N1CCCC1C(=O)O. The molecule has 1 atom stereocenters. The average molecular weight is 380 g/mol. The molecule has 0 aliphatic carbocycles. The van der Waals surface area contributed by atoms with Crippen molar-refractivity contribution in [2.24, 2.45) is 0 Å². The van der Waals surface area contributed by atoms with E-state index in [9.17, 15) is 14.7 Å². The summed E-state index contributed by atoms with van der Waals surface area (Å²) in [4.78, 5) is 30.4. The Morgan fingerprint density at radius 3 is 2.87 bits per heavy atom. The standard InChI is InChI=1S/C16H18BrN3O3/c1-3-11-13(15(21)19-6-4-5-12(19)16(22)23)20-8-9(2)7-10(17)14(20)18-11/h7-8,12H,3-6H2,1-2H3,(H,22,23).